The minimum atomic E-state index is 0.131. The van der Waals surface area contributed by atoms with Gasteiger partial charge in [0.2, 0.25) is 5.91 Å². The van der Waals surface area contributed by atoms with Gasteiger partial charge in [-0.15, -0.1) is 0 Å². The third-order valence-corrected chi connectivity index (χ3v) is 1.87. The van der Waals surface area contributed by atoms with E-state index >= 15 is 0 Å². The molecule has 0 unspecified atom stereocenters. The molecule has 0 radical (unpaired) electrons. The zero-order valence-corrected chi connectivity index (χ0v) is 8.20. The molecule has 0 aliphatic carbocycles. The first-order valence-electron chi connectivity index (χ1n) is 3.58. The number of nitrogens with zero attached hydrogens (tertiary/aromatic N) is 1. The lowest BCUT2D eigenvalue weighted by Gasteiger charge is -2.10. The summed E-state index contributed by atoms with van der Waals surface area (Å²) in [5, 5.41) is 3.06. The standard InChI is InChI=1S/C7H16N2OS/c1-9(2)7(10)6-8-4-5-11-3/h8H,4-6H2,1-3H3. The van der Waals surface area contributed by atoms with Crippen LogP contribution in [0.5, 0.6) is 0 Å². The summed E-state index contributed by atoms with van der Waals surface area (Å²) in [5.74, 6) is 1.19. The van der Waals surface area contributed by atoms with Crippen molar-refractivity contribution in [3.63, 3.8) is 0 Å². The normalized spacial score (nSPS) is 9.73. The summed E-state index contributed by atoms with van der Waals surface area (Å²) in [5.41, 5.74) is 0. The van der Waals surface area contributed by atoms with E-state index in [0.717, 1.165) is 12.3 Å². The van der Waals surface area contributed by atoms with Gasteiger partial charge in [0.05, 0.1) is 6.54 Å². The first kappa shape index (κ1) is 10.8. The maximum absolute atomic E-state index is 11.0. The number of likely N-dealkylation sites (N-methyl/N-ethyl adjacent to an activating group) is 1. The van der Waals surface area contributed by atoms with Gasteiger partial charge in [0.15, 0.2) is 0 Å². The molecule has 0 rings (SSSR count). The molecule has 1 N–H and O–H groups in total. The van der Waals surface area contributed by atoms with E-state index in [0.29, 0.717) is 6.54 Å². The van der Waals surface area contributed by atoms with Gasteiger partial charge in [0.25, 0.3) is 0 Å². The fraction of sp³-hybridized carbons (Fsp3) is 0.857. The van der Waals surface area contributed by atoms with Gasteiger partial charge in [0, 0.05) is 26.4 Å². The Balaban J connectivity index is 3.18. The number of nitrogens with one attached hydrogen (secondary N) is 1. The van der Waals surface area contributed by atoms with Crippen LogP contribution < -0.4 is 5.32 Å². The number of hydrogen-bond acceptors (Lipinski definition) is 3. The third-order valence-electron chi connectivity index (χ3n) is 1.26. The number of carbonyl (C=O) groups excluding carboxylic acids is 1. The van der Waals surface area contributed by atoms with Crippen molar-refractivity contribution < 1.29 is 4.79 Å². The van der Waals surface area contributed by atoms with Gasteiger partial charge in [-0.1, -0.05) is 0 Å². The van der Waals surface area contributed by atoms with Crippen molar-refractivity contribution in [3.05, 3.63) is 0 Å². The molecule has 0 saturated heterocycles. The van der Waals surface area contributed by atoms with Crippen LogP contribution in [0.15, 0.2) is 0 Å². The van der Waals surface area contributed by atoms with E-state index in [1.54, 1.807) is 30.8 Å². The lowest BCUT2D eigenvalue weighted by atomic mass is 10.5. The zero-order chi connectivity index (χ0) is 8.69. The molecule has 0 heterocycles. The molecule has 66 valence electrons. The second-order valence-electron chi connectivity index (χ2n) is 2.46. The first-order chi connectivity index (χ1) is 5.18. The summed E-state index contributed by atoms with van der Waals surface area (Å²) < 4.78 is 0. The molecule has 0 aromatic heterocycles. The van der Waals surface area contributed by atoms with Gasteiger partial charge in [-0.25, -0.2) is 0 Å². The van der Waals surface area contributed by atoms with E-state index in [-0.39, 0.29) is 5.91 Å². The van der Waals surface area contributed by atoms with Crippen LogP contribution >= 0.6 is 11.8 Å². The molecule has 0 fully saturated rings. The largest absolute Gasteiger partial charge is 0.348 e. The minimum absolute atomic E-state index is 0.131. The predicted molar refractivity (Wildman–Crippen MR) is 49.9 cm³/mol. The van der Waals surface area contributed by atoms with Crippen molar-refractivity contribution in [2.75, 3.05) is 39.2 Å². The van der Waals surface area contributed by atoms with Gasteiger partial charge >= 0.3 is 0 Å². The van der Waals surface area contributed by atoms with Gasteiger partial charge in [-0.3, -0.25) is 4.79 Å². The molecule has 0 aromatic rings. The fourth-order valence-electron chi connectivity index (χ4n) is 0.528. The average Bonchev–Trinajstić information content (AvgIpc) is 1.97. The molecule has 3 nitrogen and oxygen atoms in total. The summed E-state index contributed by atoms with van der Waals surface area (Å²) >= 11 is 1.77. The Morgan fingerprint density at radius 2 is 2.18 bits per heavy atom. The van der Waals surface area contributed by atoms with Crippen molar-refractivity contribution >= 4 is 17.7 Å². The summed E-state index contributed by atoms with van der Waals surface area (Å²) in [4.78, 5) is 12.6. The Labute approximate surface area is 72.5 Å². The maximum Gasteiger partial charge on any atom is 0.236 e. The van der Waals surface area contributed by atoms with Crippen LogP contribution in [0.25, 0.3) is 0 Å². The fourth-order valence-corrected chi connectivity index (χ4v) is 0.876. The van der Waals surface area contributed by atoms with E-state index in [4.69, 9.17) is 0 Å². The highest BCUT2D eigenvalue weighted by Gasteiger charge is 2.00. The lowest BCUT2D eigenvalue weighted by molar-refractivity contribution is -0.127. The number of rotatable bonds is 5. The SMILES string of the molecule is CSCCNCC(=O)N(C)C. The quantitative estimate of drug-likeness (QED) is 0.600. The van der Waals surface area contributed by atoms with Crippen molar-refractivity contribution in [2.45, 2.75) is 0 Å². The summed E-state index contributed by atoms with van der Waals surface area (Å²) in [7, 11) is 3.52. The maximum atomic E-state index is 11.0. The van der Waals surface area contributed by atoms with Crippen LogP contribution in [-0.2, 0) is 4.79 Å². The molecule has 1 amide bonds. The van der Waals surface area contributed by atoms with Crippen molar-refractivity contribution in [3.8, 4) is 0 Å². The Morgan fingerprint density at radius 3 is 2.64 bits per heavy atom. The molecular weight excluding hydrogens is 160 g/mol. The molecule has 0 atom stereocenters. The van der Waals surface area contributed by atoms with Crippen molar-refractivity contribution in [1.29, 1.82) is 0 Å². The van der Waals surface area contributed by atoms with Gasteiger partial charge in [-0.05, 0) is 6.26 Å². The Bertz CT molecular complexity index is 117. The van der Waals surface area contributed by atoms with Crippen molar-refractivity contribution in [1.82, 2.24) is 10.2 Å². The van der Waals surface area contributed by atoms with E-state index in [9.17, 15) is 4.79 Å². The van der Waals surface area contributed by atoms with E-state index < -0.39 is 0 Å². The summed E-state index contributed by atoms with van der Waals surface area (Å²) in [6.07, 6.45) is 2.05. The summed E-state index contributed by atoms with van der Waals surface area (Å²) in [6, 6.07) is 0. The molecule has 11 heavy (non-hydrogen) atoms. The molecule has 0 aliphatic rings. The highest BCUT2D eigenvalue weighted by atomic mass is 32.2. The number of hydrogen-bond donors (Lipinski definition) is 1. The van der Waals surface area contributed by atoms with Crippen LogP contribution in [0.3, 0.4) is 0 Å². The highest BCUT2D eigenvalue weighted by Crippen LogP contribution is 1.86. The highest BCUT2D eigenvalue weighted by molar-refractivity contribution is 7.98. The molecule has 0 aliphatic heterocycles. The monoisotopic (exact) mass is 176 g/mol. The minimum Gasteiger partial charge on any atom is -0.348 e. The second-order valence-corrected chi connectivity index (χ2v) is 3.44. The van der Waals surface area contributed by atoms with Gasteiger partial charge in [0.1, 0.15) is 0 Å². The van der Waals surface area contributed by atoms with E-state index in [2.05, 4.69) is 11.6 Å². The van der Waals surface area contributed by atoms with Crippen molar-refractivity contribution in [2.24, 2.45) is 0 Å². The topological polar surface area (TPSA) is 32.3 Å². The first-order valence-corrected chi connectivity index (χ1v) is 4.97. The smallest absolute Gasteiger partial charge is 0.236 e. The molecule has 0 aromatic carbocycles. The number of amides is 1. The number of thioether (sulfide) groups is 1. The van der Waals surface area contributed by atoms with Crippen LogP contribution in [0.4, 0.5) is 0 Å². The van der Waals surface area contributed by atoms with Gasteiger partial charge in [-0.2, -0.15) is 11.8 Å². The van der Waals surface area contributed by atoms with Gasteiger partial charge < -0.3 is 10.2 Å². The number of carbonyl (C=O) groups is 1. The zero-order valence-electron chi connectivity index (χ0n) is 7.39. The second kappa shape index (κ2) is 6.49. The summed E-state index contributed by atoms with van der Waals surface area (Å²) in [6.45, 7) is 1.36. The third kappa shape index (κ3) is 6.19. The molecule has 0 bridgehead atoms. The molecular formula is C7H16N2OS. The van der Waals surface area contributed by atoms with Crippen LogP contribution in [0.1, 0.15) is 0 Å². The Hall–Kier alpha value is -0.220. The molecule has 0 spiro atoms. The van der Waals surface area contributed by atoms with Crippen LogP contribution in [-0.4, -0.2) is 50.0 Å². The molecule has 4 heteroatoms. The van der Waals surface area contributed by atoms with E-state index in [1.165, 1.54) is 0 Å². The Kier molecular flexibility index (Phi) is 6.36. The van der Waals surface area contributed by atoms with Crippen LogP contribution in [0, 0.1) is 0 Å². The van der Waals surface area contributed by atoms with Crippen LogP contribution in [0.2, 0.25) is 0 Å². The Morgan fingerprint density at radius 1 is 1.55 bits per heavy atom. The van der Waals surface area contributed by atoms with E-state index in [1.807, 2.05) is 0 Å². The lowest BCUT2D eigenvalue weighted by Crippen LogP contribution is -2.33. The average molecular weight is 176 g/mol. The molecule has 0 saturated carbocycles. The predicted octanol–water partition coefficient (Wildman–Crippen LogP) is 0.0272.